The predicted molar refractivity (Wildman–Crippen MR) is 75.8 cm³/mol. The molecule has 0 aromatic carbocycles. The summed E-state index contributed by atoms with van der Waals surface area (Å²) in [5, 5.41) is 3.17. The summed E-state index contributed by atoms with van der Waals surface area (Å²) < 4.78 is 5.64. The van der Waals surface area contributed by atoms with Gasteiger partial charge in [0.1, 0.15) is 0 Å². The van der Waals surface area contributed by atoms with Crippen molar-refractivity contribution in [1.29, 1.82) is 0 Å². The maximum absolute atomic E-state index is 5.64. The van der Waals surface area contributed by atoms with Crippen LogP contribution in [0.15, 0.2) is 0 Å². The molecule has 1 aliphatic carbocycles. The molecule has 0 amide bonds. The van der Waals surface area contributed by atoms with Crippen LogP contribution in [0.4, 0.5) is 11.9 Å². The molecule has 1 N–H and O–H groups in total. The second-order valence-electron chi connectivity index (χ2n) is 5.14. The van der Waals surface area contributed by atoms with E-state index in [2.05, 4.69) is 27.2 Å². The van der Waals surface area contributed by atoms with Crippen molar-refractivity contribution in [3.05, 3.63) is 0 Å². The van der Waals surface area contributed by atoms with Crippen molar-refractivity contribution in [2.75, 3.05) is 37.5 Å². The average Bonchev–Trinajstić information content (AvgIpc) is 3.20. The molecule has 1 heterocycles. The lowest BCUT2D eigenvalue weighted by atomic mass is 10.3. The number of aromatic nitrogens is 3. The Kier molecular flexibility index (Phi) is 4.76. The molecule has 0 spiro atoms. The molecule has 1 saturated carbocycles. The third kappa shape index (κ3) is 4.54. The van der Waals surface area contributed by atoms with Gasteiger partial charge in [0.2, 0.25) is 11.9 Å². The summed E-state index contributed by atoms with van der Waals surface area (Å²) in [5.74, 6) is 2.06. The van der Waals surface area contributed by atoms with E-state index in [1.54, 1.807) is 0 Å². The summed E-state index contributed by atoms with van der Waals surface area (Å²) in [6.07, 6.45) is 4.81. The Morgan fingerprint density at radius 2 is 2.05 bits per heavy atom. The quantitative estimate of drug-likeness (QED) is 0.775. The Morgan fingerprint density at radius 3 is 2.68 bits per heavy atom. The molecule has 2 rings (SSSR count). The molecule has 0 atom stereocenters. The zero-order valence-electron chi connectivity index (χ0n) is 12.0. The monoisotopic (exact) mass is 265 g/mol. The summed E-state index contributed by atoms with van der Waals surface area (Å²) >= 11 is 0. The maximum Gasteiger partial charge on any atom is 0.323 e. The molecule has 6 heteroatoms. The van der Waals surface area contributed by atoms with Crippen LogP contribution in [0.25, 0.3) is 0 Å². The first-order chi connectivity index (χ1) is 9.19. The van der Waals surface area contributed by atoms with E-state index in [4.69, 9.17) is 4.74 Å². The second kappa shape index (κ2) is 6.54. The molecule has 1 aromatic heterocycles. The van der Waals surface area contributed by atoms with Crippen LogP contribution in [-0.2, 0) is 0 Å². The van der Waals surface area contributed by atoms with Crippen molar-refractivity contribution < 1.29 is 4.74 Å². The van der Waals surface area contributed by atoms with Gasteiger partial charge in [-0.3, -0.25) is 0 Å². The van der Waals surface area contributed by atoms with Gasteiger partial charge in [-0.2, -0.15) is 15.0 Å². The van der Waals surface area contributed by atoms with Crippen molar-refractivity contribution in [2.45, 2.75) is 32.6 Å². The number of hydrogen-bond acceptors (Lipinski definition) is 6. The summed E-state index contributed by atoms with van der Waals surface area (Å²) in [7, 11) is 3.82. The van der Waals surface area contributed by atoms with Crippen LogP contribution in [0.1, 0.15) is 32.6 Å². The van der Waals surface area contributed by atoms with E-state index in [9.17, 15) is 0 Å². The molecule has 0 radical (unpaired) electrons. The smallest absolute Gasteiger partial charge is 0.323 e. The zero-order valence-corrected chi connectivity index (χ0v) is 12.0. The number of anilines is 2. The largest absolute Gasteiger partial charge is 0.463 e. The Bertz CT molecular complexity index is 406. The molecule has 0 saturated heterocycles. The number of hydrogen-bond donors (Lipinski definition) is 1. The molecule has 1 aromatic rings. The summed E-state index contributed by atoms with van der Waals surface area (Å²) in [6.45, 7) is 3.64. The number of rotatable bonds is 8. The minimum Gasteiger partial charge on any atom is -0.463 e. The van der Waals surface area contributed by atoms with Crippen LogP contribution in [-0.4, -0.2) is 42.2 Å². The number of nitrogens with zero attached hydrogens (tertiary/aromatic N) is 4. The van der Waals surface area contributed by atoms with Crippen LogP contribution < -0.4 is 15.0 Å². The highest BCUT2D eigenvalue weighted by atomic mass is 16.5. The molecule has 0 bridgehead atoms. The fourth-order valence-corrected chi connectivity index (χ4v) is 1.65. The van der Waals surface area contributed by atoms with Gasteiger partial charge in [-0.1, -0.05) is 19.8 Å². The average molecular weight is 265 g/mol. The van der Waals surface area contributed by atoms with Gasteiger partial charge in [-0.05, 0) is 18.8 Å². The first-order valence-corrected chi connectivity index (χ1v) is 6.99. The Labute approximate surface area is 114 Å². The Hall–Kier alpha value is -1.59. The topological polar surface area (TPSA) is 63.2 Å². The predicted octanol–water partition coefficient (Wildman–Crippen LogP) is 1.94. The van der Waals surface area contributed by atoms with Gasteiger partial charge in [0.25, 0.3) is 0 Å². The summed E-state index contributed by atoms with van der Waals surface area (Å²) in [6, 6.07) is 0.415. The number of ether oxygens (including phenoxy) is 1. The first kappa shape index (κ1) is 13.8. The minimum atomic E-state index is 0.415. The molecule has 1 aliphatic rings. The SMILES string of the molecule is CCCNc1nc(OCCC2CC2)nc(N(C)C)n1. The van der Waals surface area contributed by atoms with Gasteiger partial charge in [-0.15, -0.1) is 0 Å². The van der Waals surface area contributed by atoms with Crippen molar-refractivity contribution in [2.24, 2.45) is 5.92 Å². The van der Waals surface area contributed by atoms with Gasteiger partial charge in [0.05, 0.1) is 6.61 Å². The molecule has 19 heavy (non-hydrogen) atoms. The van der Waals surface area contributed by atoms with Crippen molar-refractivity contribution in [3.8, 4) is 6.01 Å². The van der Waals surface area contributed by atoms with E-state index in [0.29, 0.717) is 24.5 Å². The standard InChI is InChI=1S/C13H23N5O/c1-4-8-14-11-15-12(18(2)3)17-13(16-11)19-9-7-10-5-6-10/h10H,4-9H2,1-3H3,(H,14,15,16,17). The molecule has 1 fully saturated rings. The lowest BCUT2D eigenvalue weighted by Crippen LogP contribution is -2.16. The summed E-state index contributed by atoms with van der Waals surface area (Å²) in [5.41, 5.74) is 0. The molecular weight excluding hydrogens is 242 g/mol. The highest BCUT2D eigenvalue weighted by Gasteiger charge is 2.21. The second-order valence-corrected chi connectivity index (χ2v) is 5.14. The van der Waals surface area contributed by atoms with Gasteiger partial charge in [0.15, 0.2) is 0 Å². The summed E-state index contributed by atoms with van der Waals surface area (Å²) in [4.78, 5) is 14.8. The van der Waals surface area contributed by atoms with Crippen LogP contribution in [0.5, 0.6) is 6.01 Å². The van der Waals surface area contributed by atoms with Crippen molar-refractivity contribution >= 4 is 11.9 Å². The zero-order chi connectivity index (χ0) is 13.7. The highest BCUT2D eigenvalue weighted by Crippen LogP contribution is 2.32. The van der Waals surface area contributed by atoms with E-state index in [1.165, 1.54) is 12.8 Å². The van der Waals surface area contributed by atoms with Crippen molar-refractivity contribution in [1.82, 2.24) is 15.0 Å². The van der Waals surface area contributed by atoms with Crippen LogP contribution in [0.2, 0.25) is 0 Å². The molecule has 0 unspecified atom stereocenters. The van der Waals surface area contributed by atoms with E-state index in [0.717, 1.165) is 25.3 Å². The first-order valence-electron chi connectivity index (χ1n) is 6.99. The highest BCUT2D eigenvalue weighted by molar-refractivity contribution is 5.36. The Balaban J connectivity index is 1.99. The lowest BCUT2D eigenvalue weighted by molar-refractivity contribution is 0.279. The third-order valence-electron chi connectivity index (χ3n) is 2.99. The third-order valence-corrected chi connectivity index (χ3v) is 2.99. The molecule has 6 nitrogen and oxygen atoms in total. The van der Waals surface area contributed by atoms with Gasteiger partial charge in [0, 0.05) is 20.6 Å². The minimum absolute atomic E-state index is 0.415. The van der Waals surface area contributed by atoms with E-state index in [1.807, 2.05) is 19.0 Å². The van der Waals surface area contributed by atoms with E-state index < -0.39 is 0 Å². The molecule has 106 valence electrons. The van der Waals surface area contributed by atoms with Gasteiger partial charge >= 0.3 is 6.01 Å². The van der Waals surface area contributed by atoms with Gasteiger partial charge in [-0.25, -0.2) is 0 Å². The number of nitrogens with one attached hydrogen (secondary N) is 1. The Morgan fingerprint density at radius 1 is 1.26 bits per heavy atom. The maximum atomic E-state index is 5.64. The van der Waals surface area contributed by atoms with Crippen LogP contribution in [0, 0.1) is 5.92 Å². The lowest BCUT2D eigenvalue weighted by Gasteiger charge is -2.13. The van der Waals surface area contributed by atoms with E-state index in [-0.39, 0.29) is 0 Å². The normalized spacial score (nSPS) is 14.3. The van der Waals surface area contributed by atoms with E-state index >= 15 is 0 Å². The fourth-order valence-electron chi connectivity index (χ4n) is 1.65. The van der Waals surface area contributed by atoms with Crippen LogP contribution in [0.3, 0.4) is 0 Å². The van der Waals surface area contributed by atoms with Gasteiger partial charge < -0.3 is 15.0 Å². The molecule has 0 aliphatic heterocycles. The van der Waals surface area contributed by atoms with Crippen LogP contribution >= 0.6 is 0 Å². The van der Waals surface area contributed by atoms with Crippen molar-refractivity contribution in [3.63, 3.8) is 0 Å². The fraction of sp³-hybridized carbons (Fsp3) is 0.769. The molecular formula is C13H23N5O.